The minimum absolute atomic E-state index is 0.214. The number of ketones is 1. The Morgan fingerprint density at radius 3 is 2.00 bits per heavy atom. The van der Waals surface area contributed by atoms with Crippen LogP contribution in [0.5, 0.6) is 0 Å². The molecule has 5 rings (SSSR count). The third-order valence-corrected chi connectivity index (χ3v) is 6.29. The molecule has 4 saturated carbocycles. The van der Waals surface area contributed by atoms with Crippen LogP contribution < -0.4 is 0 Å². The second-order valence-corrected chi connectivity index (χ2v) is 8.05. The Kier molecular flexibility index (Phi) is 4.08. The number of hydrogen-bond acceptors (Lipinski definition) is 3. The van der Waals surface area contributed by atoms with Gasteiger partial charge in [-0.25, -0.2) is 22.4 Å². The van der Waals surface area contributed by atoms with Crippen LogP contribution in [0, 0.1) is 46.4 Å². The van der Waals surface area contributed by atoms with E-state index in [-0.39, 0.29) is 11.8 Å². The Labute approximate surface area is 147 Å². The first-order chi connectivity index (χ1) is 12.3. The third kappa shape index (κ3) is 2.72. The zero-order valence-corrected chi connectivity index (χ0v) is 14.0. The molecule has 0 aromatic heterocycles. The molecule has 0 spiro atoms. The zero-order valence-electron chi connectivity index (χ0n) is 14.0. The van der Waals surface area contributed by atoms with Gasteiger partial charge in [-0.15, -0.1) is 0 Å². The molecule has 4 fully saturated rings. The molecule has 7 heteroatoms. The number of hydrogen-bond donors (Lipinski definition) is 0. The summed E-state index contributed by atoms with van der Waals surface area (Å²) in [5.41, 5.74) is -1.55. The molecule has 4 bridgehead atoms. The van der Waals surface area contributed by atoms with E-state index in [1.54, 1.807) is 0 Å². The number of carbonyl (C=O) groups excluding carboxylic acids is 2. The summed E-state index contributed by atoms with van der Waals surface area (Å²) in [4.78, 5) is 24.7. The predicted octanol–water partition coefficient (Wildman–Crippen LogP) is 4.19. The van der Waals surface area contributed by atoms with Gasteiger partial charge in [-0.1, -0.05) is 0 Å². The average molecular weight is 370 g/mol. The summed E-state index contributed by atoms with van der Waals surface area (Å²) < 4.78 is 57.9. The molecule has 4 aliphatic carbocycles. The van der Waals surface area contributed by atoms with Crippen LogP contribution in [0.2, 0.25) is 0 Å². The van der Waals surface area contributed by atoms with Crippen molar-refractivity contribution < 1.29 is 31.9 Å². The van der Waals surface area contributed by atoms with E-state index in [2.05, 4.69) is 0 Å². The molecule has 0 unspecified atom stereocenters. The van der Waals surface area contributed by atoms with Crippen LogP contribution >= 0.6 is 0 Å². The number of Topliss-reactive ketones (excluding diaryl/α,β-unsaturated/α-hetero) is 1. The van der Waals surface area contributed by atoms with Gasteiger partial charge in [0.25, 0.3) is 0 Å². The predicted molar refractivity (Wildman–Crippen MR) is 82.2 cm³/mol. The van der Waals surface area contributed by atoms with Crippen LogP contribution in [0.25, 0.3) is 0 Å². The van der Waals surface area contributed by atoms with Gasteiger partial charge < -0.3 is 4.74 Å². The van der Waals surface area contributed by atoms with Crippen molar-refractivity contribution >= 4 is 11.8 Å². The first kappa shape index (κ1) is 17.5. The fraction of sp³-hybridized carbons (Fsp3) is 0.579. The average Bonchev–Trinajstić information content (AvgIpc) is 2.59. The Balaban J connectivity index is 1.46. The highest BCUT2D eigenvalue weighted by atomic mass is 19.2. The van der Waals surface area contributed by atoms with Gasteiger partial charge in [0, 0.05) is 5.41 Å². The molecule has 26 heavy (non-hydrogen) atoms. The second-order valence-electron chi connectivity index (χ2n) is 8.05. The molecule has 1 aromatic rings. The fourth-order valence-electron chi connectivity index (χ4n) is 5.54. The molecule has 1 aromatic carbocycles. The molecular formula is C19H18F4O3. The van der Waals surface area contributed by atoms with Crippen molar-refractivity contribution in [2.45, 2.75) is 38.5 Å². The van der Waals surface area contributed by atoms with Crippen LogP contribution in [-0.4, -0.2) is 18.4 Å². The van der Waals surface area contributed by atoms with E-state index in [1.807, 2.05) is 0 Å². The second kappa shape index (κ2) is 6.06. The lowest BCUT2D eigenvalue weighted by Crippen LogP contribution is -2.51. The lowest BCUT2D eigenvalue weighted by atomic mass is 9.48. The number of esters is 1. The lowest BCUT2D eigenvalue weighted by molar-refractivity contribution is -0.147. The Morgan fingerprint density at radius 2 is 1.46 bits per heavy atom. The van der Waals surface area contributed by atoms with Gasteiger partial charge in [-0.3, -0.25) is 4.79 Å². The maximum Gasteiger partial charge on any atom is 0.341 e. The molecule has 0 saturated heterocycles. The lowest BCUT2D eigenvalue weighted by Gasteiger charge is -2.55. The van der Waals surface area contributed by atoms with E-state index < -0.39 is 46.8 Å². The van der Waals surface area contributed by atoms with Gasteiger partial charge in [0.1, 0.15) is 5.56 Å². The minimum atomic E-state index is -2.08. The number of rotatable bonds is 4. The maximum absolute atomic E-state index is 13.7. The standard InChI is InChI=1S/C19H18F4O3/c20-13-4-12(15(21)17(23)16(13)22)18(25)26-8-14(24)19-5-9-1-10(6-19)3-11(2-9)7-19/h4,9-11H,1-3,5-8H2. The molecule has 0 aliphatic heterocycles. The Hall–Kier alpha value is -1.92. The molecule has 4 aliphatic rings. The summed E-state index contributed by atoms with van der Waals surface area (Å²) in [6.07, 6.45) is 5.78. The quantitative estimate of drug-likeness (QED) is 0.346. The molecular weight excluding hydrogens is 352 g/mol. The van der Waals surface area contributed by atoms with Gasteiger partial charge in [-0.2, -0.15) is 0 Å². The van der Waals surface area contributed by atoms with Gasteiger partial charge in [-0.05, 0) is 62.3 Å². The smallest absolute Gasteiger partial charge is 0.341 e. The molecule has 140 valence electrons. The van der Waals surface area contributed by atoms with Crippen molar-refractivity contribution in [3.05, 3.63) is 34.9 Å². The summed E-state index contributed by atoms with van der Waals surface area (Å²) in [7, 11) is 0. The highest BCUT2D eigenvalue weighted by Gasteiger charge is 2.54. The van der Waals surface area contributed by atoms with Crippen LogP contribution in [0.1, 0.15) is 48.9 Å². The van der Waals surface area contributed by atoms with Gasteiger partial charge >= 0.3 is 5.97 Å². The van der Waals surface area contributed by atoms with Gasteiger partial charge in [0.15, 0.2) is 35.7 Å². The first-order valence-electron chi connectivity index (χ1n) is 8.82. The SMILES string of the molecule is O=C(OCC(=O)C12CC3CC(CC(C3)C1)C2)c1cc(F)c(F)c(F)c1F. The molecule has 3 nitrogen and oxygen atoms in total. The van der Waals surface area contributed by atoms with Crippen molar-refractivity contribution in [1.29, 1.82) is 0 Å². The van der Waals surface area contributed by atoms with Crippen LogP contribution in [0.3, 0.4) is 0 Å². The highest BCUT2D eigenvalue weighted by Crippen LogP contribution is 2.60. The Morgan fingerprint density at radius 1 is 0.923 bits per heavy atom. The van der Waals surface area contributed by atoms with Crippen LogP contribution in [-0.2, 0) is 9.53 Å². The van der Waals surface area contributed by atoms with Gasteiger partial charge in [0.2, 0.25) is 0 Å². The minimum Gasteiger partial charge on any atom is -0.454 e. The zero-order chi connectivity index (χ0) is 18.6. The number of halogens is 4. The van der Waals surface area contributed by atoms with Gasteiger partial charge in [0.05, 0.1) is 0 Å². The van der Waals surface area contributed by atoms with E-state index in [0.717, 1.165) is 38.5 Å². The summed E-state index contributed by atoms with van der Waals surface area (Å²) in [5, 5.41) is 0. The summed E-state index contributed by atoms with van der Waals surface area (Å²) in [6, 6.07) is 0.241. The monoisotopic (exact) mass is 370 g/mol. The molecule has 0 amide bonds. The third-order valence-electron chi connectivity index (χ3n) is 6.29. The van der Waals surface area contributed by atoms with E-state index in [1.165, 1.54) is 0 Å². The largest absolute Gasteiger partial charge is 0.454 e. The van der Waals surface area contributed by atoms with Crippen molar-refractivity contribution in [2.75, 3.05) is 6.61 Å². The molecule has 0 N–H and O–H groups in total. The van der Waals surface area contributed by atoms with Crippen molar-refractivity contribution in [1.82, 2.24) is 0 Å². The summed E-state index contributed by atoms with van der Waals surface area (Å²) in [6.45, 7) is -0.564. The summed E-state index contributed by atoms with van der Waals surface area (Å²) in [5.74, 6) is -7.60. The normalized spacial score (nSPS) is 31.9. The van der Waals surface area contributed by atoms with Crippen LogP contribution in [0.4, 0.5) is 17.6 Å². The highest BCUT2D eigenvalue weighted by molar-refractivity contribution is 5.93. The topological polar surface area (TPSA) is 43.4 Å². The van der Waals surface area contributed by atoms with Crippen molar-refractivity contribution in [3.8, 4) is 0 Å². The first-order valence-corrected chi connectivity index (χ1v) is 8.82. The Bertz CT molecular complexity index is 754. The van der Waals surface area contributed by atoms with E-state index in [0.29, 0.717) is 17.8 Å². The number of ether oxygens (including phenoxy) is 1. The van der Waals surface area contributed by atoms with Crippen LogP contribution in [0.15, 0.2) is 6.07 Å². The van der Waals surface area contributed by atoms with Crippen molar-refractivity contribution in [2.24, 2.45) is 23.2 Å². The number of benzene rings is 1. The van der Waals surface area contributed by atoms with Crippen molar-refractivity contribution in [3.63, 3.8) is 0 Å². The van der Waals surface area contributed by atoms with E-state index >= 15 is 0 Å². The van der Waals surface area contributed by atoms with E-state index in [9.17, 15) is 27.2 Å². The maximum atomic E-state index is 13.7. The molecule has 0 atom stereocenters. The number of carbonyl (C=O) groups is 2. The fourth-order valence-corrected chi connectivity index (χ4v) is 5.54. The molecule has 0 heterocycles. The summed E-state index contributed by atoms with van der Waals surface area (Å²) >= 11 is 0. The molecule has 0 radical (unpaired) electrons. The van der Waals surface area contributed by atoms with E-state index in [4.69, 9.17) is 4.74 Å².